The van der Waals surface area contributed by atoms with Crippen LogP contribution in [0.3, 0.4) is 0 Å². The molecule has 5 nitrogen and oxygen atoms in total. The number of benzene rings is 2. The van der Waals surface area contributed by atoms with E-state index in [0.29, 0.717) is 11.3 Å². The summed E-state index contributed by atoms with van der Waals surface area (Å²) in [5.41, 5.74) is 2.00. The van der Waals surface area contributed by atoms with Gasteiger partial charge in [-0.1, -0.05) is 12.1 Å². The number of nitriles is 1. The first kappa shape index (κ1) is 17.1. The minimum atomic E-state index is -0.577. The summed E-state index contributed by atoms with van der Waals surface area (Å²) in [7, 11) is 1.59. The van der Waals surface area contributed by atoms with E-state index in [9.17, 15) is 10.1 Å². The fraction of sp³-hybridized carbons (Fsp3) is 0.0476. The molecule has 26 heavy (non-hydrogen) atoms. The standard InChI is InChI=1S/C21H15NO4/c1-24-18-9-7-16(8-10-18)17(14-22)12-15-4-2-5-19(13-15)26-21(23)20-6-3-11-25-20/h2-13H,1H3/b17-12-. The van der Waals surface area contributed by atoms with Gasteiger partial charge in [0.15, 0.2) is 0 Å². The number of allylic oxidation sites excluding steroid dienone is 1. The fourth-order valence-corrected chi connectivity index (χ4v) is 2.34. The van der Waals surface area contributed by atoms with Crippen molar-refractivity contribution in [2.24, 2.45) is 0 Å². The molecular weight excluding hydrogens is 330 g/mol. The number of rotatable bonds is 5. The van der Waals surface area contributed by atoms with Gasteiger partial charge in [0.25, 0.3) is 0 Å². The monoisotopic (exact) mass is 345 g/mol. The van der Waals surface area contributed by atoms with Gasteiger partial charge in [0, 0.05) is 0 Å². The number of nitrogens with zero attached hydrogens (tertiary/aromatic N) is 1. The maximum absolute atomic E-state index is 12.0. The van der Waals surface area contributed by atoms with Gasteiger partial charge in [0.2, 0.25) is 5.76 Å². The van der Waals surface area contributed by atoms with Gasteiger partial charge in [-0.3, -0.25) is 0 Å². The average Bonchev–Trinajstić information content (AvgIpc) is 3.21. The Morgan fingerprint density at radius 2 is 1.88 bits per heavy atom. The lowest BCUT2D eigenvalue weighted by Gasteiger charge is -2.05. The zero-order valence-electron chi connectivity index (χ0n) is 14.0. The quantitative estimate of drug-likeness (QED) is 0.293. The van der Waals surface area contributed by atoms with Crippen LogP contribution in [0.1, 0.15) is 21.7 Å². The molecule has 1 aromatic heterocycles. The summed E-state index contributed by atoms with van der Waals surface area (Å²) in [6.45, 7) is 0. The summed E-state index contributed by atoms with van der Waals surface area (Å²) < 4.78 is 15.4. The fourth-order valence-electron chi connectivity index (χ4n) is 2.34. The van der Waals surface area contributed by atoms with E-state index in [4.69, 9.17) is 13.9 Å². The van der Waals surface area contributed by atoms with Crippen LogP contribution in [0, 0.1) is 11.3 Å². The van der Waals surface area contributed by atoms with E-state index in [1.807, 2.05) is 18.2 Å². The molecule has 1 heterocycles. The van der Waals surface area contributed by atoms with Crippen LogP contribution < -0.4 is 9.47 Å². The Labute approximate surface area is 150 Å². The summed E-state index contributed by atoms with van der Waals surface area (Å²) in [5.74, 6) is 0.638. The van der Waals surface area contributed by atoms with Gasteiger partial charge < -0.3 is 13.9 Å². The number of furan rings is 1. The summed E-state index contributed by atoms with van der Waals surface area (Å²) in [5, 5.41) is 9.46. The van der Waals surface area contributed by atoms with Crippen LogP contribution in [0.5, 0.6) is 11.5 Å². The van der Waals surface area contributed by atoms with E-state index in [2.05, 4.69) is 6.07 Å². The molecule has 0 aliphatic rings. The molecule has 0 aliphatic heterocycles. The van der Waals surface area contributed by atoms with Crippen molar-refractivity contribution in [3.8, 4) is 17.6 Å². The third-order valence-electron chi connectivity index (χ3n) is 3.62. The second-order valence-electron chi connectivity index (χ2n) is 5.34. The van der Waals surface area contributed by atoms with Gasteiger partial charge >= 0.3 is 5.97 Å². The highest BCUT2D eigenvalue weighted by Crippen LogP contribution is 2.23. The summed E-state index contributed by atoms with van der Waals surface area (Å²) in [6.07, 6.45) is 3.13. The van der Waals surface area contributed by atoms with Crippen molar-refractivity contribution in [3.05, 3.63) is 83.8 Å². The van der Waals surface area contributed by atoms with Crippen molar-refractivity contribution in [2.45, 2.75) is 0 Å². The van der Waals surface area contributed by atoms with E-state index in [1.54, 1.807) is 49.6 Å². The van der Waals surface area contributed by atoms with Crippen LogP contribution in [-0.2, 0) is 0 Å². The maximum atomic E-state index is 12.0. The Morgan fingerprint density at radius 3 is 2.54 bits per heavy atom. The molecule has 0 unspecified atom stereocenters. The van der Waals surface area contributed by atoms with E-state index in [1.165, 1.54) is 12.3 Å². The molecule has 128 valence electrons. The highest BCUT2D eigenvalue weighted by atomic mass is 16.5. The van der Waals surface area contributed by atoms with Gasteiger partial charge in [-0.15, -0.1) is 0 Å². The third-order valence-corrected chi connectivity index (χ3v) is 3.62. The first-order chi connectivity index (χ1) is 12.7. The van der Waals surface area contributed by atoms with E-state index in [0.717, 1.165) is 16.9 Å². The number of ether oxygens (including phenoxy) is 2. The Kier molecular flexibility index (Phi) is 5.16. The molecule has 3 aromatic rings. The predicted molar refractivity (Wildman–Crippen MR) is 96.6 cm³/mol. The van der Waals surface area contributed by atoms with E-state index < -0.39 is 5.97 Å². The summed E-state index contributed by atoms with van der Waals surface area (Å²) in [4.78, 5) is 12.0. The van der Waals surface area contributed by atoms with E-state index >= 15 is 0 Å². The zero-order chi connectivity index (χ0) is 18.4. The molecule has 5 heteroatoms. The molecule has 0 fully saturated rings. The van der Waals surface area contributed by atoms with E-state index in [-0.39, 0.29) is 5.76 Å². The molecule has 0 saturated heterocycles. The Bertz CT molecular complexity index is 964. The van der Waals surface area contributed by atoms with Crippen LogP contribution in [0.15, 0.2) is 71.3 Å². The molecule has 0 aliphatic carbocycles. The molecular formula is C21H15NO4. The first-order valence-corrected chi connectivity index (χ1v) is 7.81. The Balaban J connectivity index is 1.82. The smallest absolute Gasteiger partial charge is 0.379 e. The van der Waals surface area contributed by atoms with Crippen LogP contribution in [0.4, 0.5) is 0 Å². The Hall–Kier alpha value is -3.78. The van der Waals surface area contributed by atoms with Crippen molar-refractivity contribution in [1.29, 1.82) is 5.26 Å². The largest absolute Gasteiger partial charge is 0.497 e. The number of hydrogen-bond donors (Lipinski definition) is 0. The van der Waals surface area contributed by atoms with Crippen LogP contribution in [0.25, 0.3) is 11.6 Å². The van der Waals surface area contributed by atoms with Gasteiger partial charge in [-0.2, -0.15) is 5.26 Å². The number of carbonyl (C=O) groups is 1. The molecule has 2 aromatic carbocycles. The first-order valence-electron chi connectivity index (χ1n) is 7.81. The lowest BCUT2D eigenvalue weighted by Crippen LogP contribution is -2.07. The summed E-state index contributed by atoms with van der Waals surface area (Å²) in [6, 6.07) is 19.5. The van der Waals surface area contributed by atoms with Crippen molar-refractivity contribution in [3.63, 3.8) is 0 Å². The zero-order valence-corrected chi connectivity index (χ0v) is 14.0. The van der Waals surface area contributed by atoms with Gasteiger partial charge in [-0.25, -0.2) is 4.79 Å². The molecule has 3 rings (SSSR count). The average molecular weight is 345 g/mol. The number of methoxy groups -OCH3 is 1. The SMILES string of the molecule is COc1ccc(/C(C#N)=C\c2cccc(OC(=O)c3ccco3)c2)cc1. The maximum Gasteiger partial charge on any atom is 0.379 e. The molecule has 0 N–H and O–H groups in total. The van der Waals surface area contributed by atoms with Crippen LogP contribution >= 0.6 is 0 Å². The number of carbonyl (C=O) groups excluding carboxylic acids is 1. The van der Waals surface area contributed by atoms with Crippen molar-refractivity contribution in [2.75, 3.05) is 7.11 Å². The lowest BCUT2D eigenvalue weighted by molar-refractivity contribution is 0.0701. The van der Waals surface area contributed by atoms with Gasteiger partial charge in [0.1, 0.15) is 11.5 Å². The van der Waals surface area contributed by atoms with Crippen molar-refractivity contribution in [1.82, 2.24) is 0 Å². The minimum Gasteiger partial charge on any atom is -0.497 e. The Morgan fingerprint density at radius 1 is 1.08 bits per heavy atom. The van der Waals surface area contributed by atoms with Crippen LogP contribution in [-0.4, -0.2) is 13.1 Å². The third kappa shape index (κ3) is 4.00. The summed E-state index contributed by atoms with van der Waals surface area (Å²) >= 11 is 0. The minimum absolute atomic E-state index is 0.127. The molecule has 0 radical (unpaired) electrons. The second-order valence-corrected chi connectivity index (χ2v) is 5.34. The number of esters is 1. The highest BCUT2D eigenvalue weighted by molar-refractivity contribution is 5.90. The topological polar surface area (TPSA) is 72.5 Å². The molecule has 0 saturated carbocycles. The second kappa shape index (κ2) is 7.86. The van der Waals surface area contributed by atoms with Gasteiger partial charge in [0.05, 0.1) is 25.0 Å². The normalized spacial score (nSPS) is 10.8. The highest BCUT2D eigenvalue weighted by Gasteiger charge is 2.11. The molecule has 0 bridgehead atoms. The lowest BCUT2D eigenvalue weighted by atomic mass is 10.0. The van der Waals surface area contributed by atoms with Gasteiger partial charge in [-0.05, 0) is 65.7 Å². The predicted octanol–water partition coefficient (Wildman–Crippen LogP) is 4.57. The van der Waals surface area contributed by atoms with Crippen molar-refractivity contribution < 1.29 is 18.7 Å². The van der Waals surface area contributed by atoms with Crippen molar-refractivity contribution >= 4 is 17.6 Å². The van der Waals surface area contributed by atoms with Crippen LogP contribution in [0.2, 0.25) is 0 Å². The molecule has 0 spiro atoms. The molecule has 0 atom stereocenters. The number of hydrogen-bond acceptors (Lipinski definition) is 5. The molecule has 0 amide bonds.